The van der Waals surface area contributed by atoms with Crippen LogP contribution < -0.4 is 15.8 Å². The molecule has 0 radical (unpaired) electrons. The van der Waals surface area contributed by atoms with E-state index in [9.17, 15) is 14.9 Å². The van der Waals surface area contributed by atoms with E-state index in [0.717, 1.165) is 5.69 Å². The van der Waals surface area contributed by atoms with Gasteiger partial charge in [0.1, 0.15) is 11.8 Å². The van der Waals surface area contributed by atoms with Gasteiger partial charge in [-0.2, -0.15) is 10.2 Å². The minimum absolute atomic E-state index is 0.145. The van der Waals surface area contributed by atoms with Gasteiger partial charge in [0.25, 0.3) is 11.4 Å². The number of hydrogen-bond acceptors (Lipinski definition) is 8. The van der Waals surface area contributed by atoms with Crippen LogP contribution in [0, 0.1) is 18.3 Å². The molecule has 0 atom stereocenters. The second-order valence-electron chi connectivity index (χ2n) is 8.51. The normalized spacial score (nSPS) is 14.1. The molecular weight excluding hydrogens is 462 g/mol. The van der Waals surface area contributed by atoms with Crippen molar-refractivity contribution in [3.05, 3.63) is 70.5 Å². The SMILES string of the molecule is Cc1c(NC(=O)CN2CCN(c3oc(-c4ccco4)nc3C#N)CC2)c(=O)n(-c2ccccc2)n1C. The van der Waals surface area contributed by atoms with Gasteiger partial charge in [-0.3, -0.25) is 19.2 Å². The Balaban J connectivity index is 1.23. The number of para-hydroxylation sites is 1. The summed E-state index contributed by atoms with van der Waals surface area (Å²) in [6, 6.07) is 14.8. The van der Waals surface area contributed by atoms with E-state index in [2.05, 4.69) is 16.4 Å². The van der Waals surface area contributed by atoms with Crippen LogP contribution in [0.1, 0.15) is 11.4 Å². The summed E-state index contributed by atoms with van der Waals surface area (Å²) in [6.07, 6.45) is 1.52. The molecule has 11 nitrogen and oxygen atoms in total. The number of furan rings is 1. The molecule has 0 unspecified atom stereocenters. The zero-order chi connectivity index (χ0) is 25.2. The van der Waals surface area contributed by atoms with Gasteiger partial charge in [0.2, 0.25) is 17.5 Å². The number of benzene rings is 1. The van der Waals surface area contributed by atoms with E-state index in [1.807, 2.05) is 40.1 Å². The molecule has 184 valence electrons. The topological polar surface area (TPSA) is 125 Å². The fraction of sp³-hybridized carbons (Fsp3) is 0.280. The number of piperazine rings is 1. The number of hydrogen-bond donors (Lipinski definition) is 1. The van der Waals surface area contributed by atoms with Crippen molar-refractivity contribution in [3.63, 3.8) is 0 Å². The number of nitrogens with one attached hydrogen (secondary N) is 1. The van der Waals surface area contributed by atoms with E-state index in [1.54, 1.807) is 30.8 Å². The summed E-state index contributed by atoms with van der Waals surface area (Å²) in [5, 5.41) is 12.3. The summed E-state index contributed by atoms with van der Waals surface area (Å²) < 4.78 is 14.4. The Morgan fingerprint density at radius 2 is 1.89 bits per heavy atom. The fourth-order valence-electron chi connectivity index (χ4n) is 4.31. The number of aromatic nitrogens is 3. The standard InChI is InChI=1S/C25H25N7O4/c1-17-22(24(34)32(29(17)2)18-7-4-3-5-8-18)28-21(33)16-30-10-12-31(13-11-30)25-19(15-26)27-23(36-25)20-9-6-14-35-20/h3-9,14H,10-13,16H2,1-2H3,(H,28,33). The first kappa shape index (κ1) is 23.2. The molecule has 0 bridgehead atoms. The monoisotopic (exact) mass is 487 g/mol. The number of nitriles is 1. The molecule has 1 aliphatic rings. The maximum absolute atomic E-state index is 13.0. The highest BCUT2D eigenvalue weighted by Crippen LogP contribution is 2.29. The molecule has 11 heteroatoms. The van der Waals surface area contributed by atoms with Gasteiger partial charge in [-0.25, -0.2) is 4.68 Å². The second kappa shape index (κ2) is 9.59. The van der Waals surface area contributed by atoms with Gasteiger partial charge in [0, 0.05) is 33.2 Å². The highest BCUT2D eigenvalue weighted by molar-refractivity contribution is 5.92. The molecule has 3 aromatic heterocycles. The third kappa shape index (κ3) is 4.30. The first-order chi connectivity index (χ1) is 17.5. The summed E-state index contributed by atoms with van der Waals surface area (Å²) in [6.45, 7) is 4.22. The first-order valence-electron chi connectivity index (χ1n) is 11.5. The number of amides is 1. The van der Waals surface area contributed by atoms with Crippen molar-refractivity contribution in [1.82, 2.24) is 19.2 Å². The lowest BCUT2D eigenvalue weighted by atomic mass is 10.3. The predicted octanol–water partition coefficient (Wildman–Crippen LogP) is 2.36. The van der Waals surface area contributed by atoms with E-state index in [4.69, 9.17) is 8.83 Å². The van der Waals surface area contributed by atoms with Crippen LogP contribution in [-0.4, -0.2) is 57.9 Å². The lowest BCUT2D eigenvalue weighted by molar-refractivity contribution is -0.117. The Hall–Kier alpha value is -4.56. The Morgan fingerprint density at radius 1 is 1.14 bits per heavy atom. The number of carbonyl (C=O) groups excluding carboxylic acids is 1. The summed E-state index contributed by atoms with van der Waals surface area (Å²) in [7, 11) is 1.79. The second-order valence-corrected chi connectivity index (χ2v) is 8.51. The number of anilines is 2. The molecule has 4 aromatic rings. The van der Waals surface area contributed by atoms with Crippen LogP contribution >= 0.6 is 0 Å². The van der Waals surface area contributed by atoms with Crippen LogP contribution in [0.3, 0.4) is 0 Å². The van der Waals surface area contributed by atoms with E-state index >= 15 is 0 Å². The first-order valence-corrected chi connectivity index (χ1v) is 11.5. The van der Waals surface area contributed by atoms with Crippen LogP contribution in [0.15, 0.2) is 62.4 Å². The van der Waals surface area contributed by atoms with Crippen molar-refractivity contribution < 1.29 is 13.6 Å². The lowest BCUT2D eigenvalue weighted by Crippen LogP contribution is -2.49. The third-order valence-electron chi connectivity index (χ3n) is 6.29. The molecule has 1 aliphatic heterocycles. The molecule has 1 amide bonds. The van der Waals surface area contributed by atoms with Gasteiger partial charge in [0.15, 0.2) is 5.76 Å². The predicted molar refractivity (Wildman–Crippen MR) is 132 cm³/mol. The van der Waals surface area contributed by atoms with Crippen molar-refractivity contribution in [2.45, 2.75) is 6.92 Å². The highest BCUT2D eigenvalue weighted by atomic mass is 16.4. The number of nitrogens with zero attached hydrogens (tertiary/aromatic N) is 6. The molecule has 0 aliphatic carbocycles. The van der Waals surface area contributed by atoms with Gasteiger partial charge in [-0.15, -0.1) is 0 Å². The molecule has 1 fully saturated rings. The Labute approximate surface area is 206 Å². The van der Waals surface area contributed by atoms with E-state index in [0.29, 0.717) is 43.5 Å². The molecule has 0 spiro atoms. The van der Waals surface area contributed by atoms with Gasteiger partial charge >= 0.3 is 0 Å². The molecule has 1 aromatic carbocycles. The lowest BCUT2D eigenvalue weighted by Gasteiger charge is -2.33. The number of oxazole rings is 1. The Morgan fingerprint density at radius 3 is 2.56 bits per heavy atom. The van der Waals surface area contributed by atoms with Gasteiger partial charge in [-0.05, 0) is 31.2 Å². The smallest absolute Gasteiger partial charge is 0.295 e. The molecule has 0 saturated carbocycles. The van der Waals surface area contributed by atoms with Crippen LogP contribution in [0.5, 0.6) is 0 Å². The summed E-state index contributed by atoms with van der Waals surface area (Å²) in [4.78, 5) is 34.0. The van der Waals surface area contributed by atoms with Gasteiger partial charge in [-0.1, -0.05) is 18.2 Å². The average molecular weight is 488 g/mol. The summed E-state index contributed by atoms with van der Waals surface area (Å²) in [5.74, 6) is 0.852. The third-order valence-corrected chi connectivity index (χ3v) is 6.29. The minimum Gasteiger partial charge on any atom is -0.459 e. The molecule has 5 rings (SSSR count). The zero-order valence-corrected chi connectivity index (χ0v) is 20.0. The van der Waals surface area contributed by atoms with Crippen molar-refractivity contribution >= 4 is 17.5 Å². The highest BCUT2D eigenvalue weighted by Gasteiger charge is 2.26. The van der Waals surface area contributed by atoms with Crippen LogP contribution in [-0.2, 0) is 11.8 Å². The zero-order valence-electron chi connectivity index (χ0n) is 20.0. The molecule has 1 N–H and O–H groups in total. The van der Waals surface area contributed by atoms with E-state index < -0.39 is 0 Å². The van der Waals surface area contributed by atoms with Crippen LogP contribution in [0.2, 0.25) is 0 Å². The number of carbonyl (C=O) groups is 1. The maximum atomic E-state index is 13.0. The van der Waals surface area contributed by atoms with E-state index in [-0.39, 0.29) is 35.3 Å². The van der Waals surface area contributed by atoms with Gasteiger partial charge < -0.3 is 19.1 Å². The molecule has 1 saturated heterocycles. The summed E-state index contributed by atoms with van der Waals surface area (Å²) >= 11 is 0. The van der Waals surface area contributed by atoms with Crippen molar-refractivity contribution in [1.29, 1.82) is 5.26 Å². The average Bonchev–Trinajstić information content (AvgIpc) is 3.62. The largest absolute Gasteiger partial charge is 0.459 e. The van der Waals surface area contributed by atoms with Crippen molar-refractivity contribution in [2.75, 3.05) is 42.9 Å². The number of rotatable bonds is 6. The van der Waals surface area contributed by atoms with Crippen molar-refractivity contribution in [3.8, 4) is 23.4 Å². The maximum Gasteiger partial charge on any atom is 0.295 e. The minimum atomic E-state index is -0.277. The Kier molecular flexibility index (Phi) is 6.18. The summed E-state index contributed by atoms with van der Waals surface area (Å²) in [5.41, 5.74) is 1.59. The van der Waals surface area contributed by atoms with Crippen molar-refractivity contribution in [2.24, 2.45) is 7.05 Å². The molecule has 4 heterocycles. The van der Waals surface area contributed by atoms with Gasteiger partial charge in [0.05, 0.1) is 24.2 Å². The van der Waals surface area contributed by atoms with Crippen LogP contribution in [0.4, 0.5) is 11.6 Å². The van der Waals surface area contributed by atoms with Crippen LogP contribution in [0.25, 0.3) is 17.3 Å². The fourth-order valence-corrected chi connectivity index (χ4v) is 4.31. The molecule has 36 heavy (non-hydrogen) atoms. The van der Waals surface area contributed by atoms with E-state index in [1.165, 1.54) is 10.9 Å². The molecular formula is C25H25N7O4. The Bertz CT molecular complexity index is 1470. The quantitative estimate of drug-likeness (QED) is 0.439.